The Bertz CT molecular complexity index is 304. The Kier molecular flexibility index (Phi) is 5.02. The van der Waals surface area contributed by atoms with Crippen molar-refractivity contribution in [1.29, 1.82) is 0 Å². The van der Waals surface area contributed by atoms with E-state index >= 15 is 0 Å². The van der Waals surface area contributed by atoms with Gasteiger partial charge >= 0.3 is 0 Å². The molecule has 1 atom stereocenters. The lowest BCUT2D eigenvalue weighted by atomic mass is 10.1. The average molecular weight is 229 g/mol. The van der Waals surface area contributed by atoms with Crippen molar-refractivity contribution in [1.82, 2.24) is 10.3 Å². The maximum absolute atomic E-state index is 9.73. The first-order chi connectivity index (χ1) is 7.09. The lowest BCUT2D eigenvalue weighted by molar-refractivity contribution is 0.169. The molecule has 84 valence electrons. The van der Waals surface area contributed by atoms with E-state index in [0.29, 0.717) is 24.0 Å². The molecule has 0 aliphatic rings. The number of aromatic nitrogens is 1. The van der Waals surface area contributed by atoms with Crippen LogP contribution in [0.5, 0.6) is 0 Å². The predicted molar refractivity (Wildman–Crippen MR) is 62.1 cm³/mol. The predicted octanol–water partition coefficient (Wildman–Crippen LogP) is 1.64. The van der Waals surface area contributed by atoms with Crippen molar-refractivity contribution in [3.05, 3.63) is 29.0 Å². The second-order valence-electron chi connectivity index (χ2n) is 3.89. The second-order valence-corrected chi connectivity index (χ2v) is 4.30. The molecule has 1 rings (SSSR count). The summed E-state index contributed by atoms with van der Waals surface area (Å²) < 4.78 is 0. The van der Waals surface area contributed by atoms with E-state index in [1.54, 1.807) is 12.4 Å². The first-order valence-electron chi connectivity index (χ1n) is 5.09. The number of nitrogens with zero attached hydrogens (tertiary/aromatic N) is 1. The number of hydrogen-bond acceptors (Lipinski definition) is 3. The van der Waals surface area contributed by atoms with Crippen LogP contribution in [0.25, 0.3) is 0 Å². The number of halogens is 1. The molecule has 0 aliphatic heterocycles. The normalized spacial score (nSPS) is 13.1. The third-order valence-corrected chi connectivity index (χ3v) is 2.41. The van der Waals surface area contributed by atoms with Crippen LogP contribution >= 0.6 is 11.6 Å². The molecule has 0 fully saturated rings. The average Bonchev–Trinajstić information content (AvgIpc) is 2.18. The van der Waals surface area contributed by atoms with E-state index in [2.05, 4.69) is 10.3 Å². The molecule has 15 heavy (non-hydrogen) atoms. The zero-order valence-corrected chi connectivity index (χ0v) is 9.83. The van der Waals surface area contributed by atoms with Gasteiger partial charge in [-0.15, -0.1) is 0 Å². The highest BCUT2D eigenvalue weighted by atomic mass is 35.5. The summed E-state index contributed by atoms with van der Waals surface area (Å²) in [5.74, 6) is 0. The third-order valence-electron chi connectivity index (χ3n) is 2.07. The molecular weight excluding hydrogens is 212 g/mol. The summed E-state index contributed by atoms with van der Waals surface area (Å²) in [5, 5.41) is 13.5. The van der Waals surface area contributed by atoms with E-state index in [1.807, 2.05) is 19.9 Å². The Morgan fingerprint density at radius 1 is 1.53 bits per heavy atom. The summed E-state index contributed by atoms with van der Waals surface area (Å²) in [6.45, 7) is 4.68. The molecular formula is C11H17ClN2O. The van der Waals surface area contributed by atoms with Gasteiger partial charge in [0, 0.05) is 31.4 Å². The minimum absolute atomic E-state index is 0.382. The summed E-state index contributed by atoms with van der Waals surface area (Å²) in [6, 6.07) is 2.22. The molecule has 0 aliphatic carbocycles. The smallest absolute Gasteiger partial charge is 0.0705 e. The summed E-state index contributed by atoms with van der Waals surface area (Å²) in [5.41, 5.74) is 0.935. The fourth-order valence-corrected chi connectivity index (χ4v) is 1.46. The highest BCUT2D eigenvalue weighted by Gasteiger charge is 2.08. The van der Waals surface area contributed by atoms with Crippen LogP contribution in [0.4, 0.5) is 0 Å². The largest absolute Gasteiger partial charge is 0.391 e. The number of aliphatic hydroxyl groups excluding tert-OH is 1. The van der Waals surface area contributed by atoms with Crippen LogP contribution in [-0.2, 0) is 6.42 Å². The number of aliphatic hydroxyl groups is 1. The second kappa shape index (κ2) is 6.05. The number of hydrogen-bond donors (Lipinski definition) is 2. The first kappa shape index (κ1) is 12.4. The molecule has 0 bridgehead atoms. The Balaban J connectivity index is 2.44. The molecule has 0 saturated heterocycles. The number of pyridine rings is 1. The number of nitrogens with one attached hydrogen (secondary N) is 1. The molecule has 4 heteroatoms. The Labute approximate surface area is 95.5 Å². The summed E-state index contributed by atoms with van der Waals surface area (Å²) in [7, 11) is 0. The highest BCUT2D eigenvalue weighted by molar-refractivity contribution is 6.31. The van der Waals surface area contributed by atoms with Gasteiger partial charge in [0.05, 0.1) is 11.1 Å². The molecule has 0 saturated carbocycles. The van der Waals surface area contributed by atoms with E-state index in [0.717, 1.165) is 5.56 Å². The van der Waals surface area contributed by atoms with Crippen molar-refractivity contribution in [3.8, 4) is 0 Å². The van der Waals surface area contributed by atoms with Gasteiger partial charge in [-0.3, -0.25) is 4.98 Å². The number of rotatable bonds is 5. The van der Waals surface area contributed by atoms with E-state index < -0.39 is 6.10 Å². The lowest BCUT2D eigenvalue weighted by Gasteiger charge is -2.14. The zero-order chi connectivity index (χ0) is 11.3. The van der Waals surface area contributed by atoms with Gasteiger partial charge in [0.25, 0.3) is 0 Å². The standard InChI is InChI=1S/C11H17ClN2O/c1-8(2)14-6-10(15)5-9-3-4-13-7-11(9)12/h3-4,7-8,10,14-15H,5-6H2,1-2H3. The molecule has 2 N–H and O–H groups in total. The van der Waals surface area contributed by atoms with Crippen molar-refractivity contribution in [2.24, 2.45) is 0 Å². The highest BCUT2D eigenvalue weighted by Crippen LogP contribution is 2.14. The topological polar surface area (TPSA) is 45.1 Å². The maximum atomic E-state index is 9.73. The van der Waals surface area contributed by atoms with Crippen molar-refractivity contribution >= 4 is 11.6 Å². The van der Waals surface area contributed by atoms with Crippen LogP contribution in [0.15, 0.2) is 18.5 Å². The van der Waals surface area contributed by atoms with Gasteiger partial charge in [-0.25, -0.2) is 0 Å². The molecule has 0 aromatic carbocycles. The molecule has 0 amide bonds. The monoisotopic (exact) mass is 228 g/mol. The molecule has 1 aromatic rings. The summed E-state index contributed by atoms with van der Waals surface area (Å²) in [6.07, 6.45) is 3.43. The first-order valence-corrected chi connectivity index (χ1v) is 5.47. The van der Waals surface area contributed by atoms with Crippen LogP contribution in [0.3, 0.4) is 0 Å². The maximum Gasteiger partial charge on any atom is 0.0705 e. The van der Waals surface area contributed by atoms with Gasteiger partial charge in [0.15, 0.2) is 0 Å². The third kappa shape index (κ3) is 4.60. The molecule has 3 nitrogen and oxygen atoms in total. The van der Waals surface area contributed by atoms with Gasteiger partial charge in [0.2, 0.25) is 0 Å². The van der Waals surface area contributed by atoms with Crippen LogP contribution < -0.4 is 5.32 Å². The van der Waals surface area contributed by atoms with Gasteiger partial charge in [0.1, 0.15) is 0 Å². The van der Waals surface area contributed by atoms with Gasteiger partial charge in [-0.1, -0.05) is 25.4 Å². The quantitative estimate of drug-likeness (QED) is 0.806. The van der Waals surface area contributed by atoms with Crippen LogP contribution in [-0.4, -0.2) is 28.8 Å². The van der Waals surface area contributed by atoms with Crippen LogP contribution in [0.2, 0.25) is 5.02 Å². The minimum Gasteiger partial charge on any atom is -0.391 e. The van der Waals surface area contributed by atoms with Crippen molar-refractivity contribution in [3.63, 3.8) is 0 Å². The molecule has 0 spiro atoms. The molecule has 1 heterocycles. The van der Waals surface area contributed by atoms with E-state index in [4.69, 9.17) is 11.6 Å². The zero-order valence-electron chi connectivity index (χ0n) is 9.07. The molecule has 0 radical (unpaired) electrons. The van der Waals surface area contributed by atoms with E-state index in [1.165, 1.54) is 0 Å². The molecule has 1 unspecified atom stereocenters. The summed E-state index contributed by atoms with van der Waals surface area (Å²) >= 11 is 5.94. The Morgan fingerprint density at radius 3 is 2.87 bits per heavy atom. The van der Waals surface area contributed by atoms with Crippen LogP contribution in [0.1, 0.15) is 19.4 Å². The Morgan fingerprint density at radius 2 is 2.27 bits per heavy atom. The SMILES string of the molecule is CC(C)NCC(O)Cc1ccncc1Cl. The van der Waals surface area contributed by atoms with Crippen molar-refractivity contribution in [2.45, 2.75) is 32.4 Å². The minimum atomic E-state index is -0.410. The van der Waals surface area contributed by atoms with Crippen molar-refractivity contribution in [2.75, 3.05) is 6.54 Å². The summed E-state index contributed by atoms with van der Waals surface area (Å²) in [4.78, 5) is 3.90. The fraction of sp³-hybridized carbons (Fsp3) is 0.545. The van der Waals surface area contributed by atoms with Crippen molar-refractivity contribution < 1.29 is 5.11 Å². The Hall–Kier alpha value is -0.640. The van der Waals surface area contributed by atoms with Gasteiger partial charge in [-0.05, 0) is 11.6 Å². The van der Waals surface area contributed by atoms with E-state index in [-0.39, 0.29) is 0 Å². The van der Waals surface area contributed by atoms with Gasteiger partial charge in [-0.2, -0.15) is 0 Å². The van der Waals surface area contributed by atoms with E-state index in [9.17, 15) is 5.11 Å². The lowest BCUT2D eigenvalue weighted by Crippen LogP contribution is -2.33. The van der Waals surface area contributed by atoms with Crippen LogP contribution in [0, 0.1) is 0 Å². The fourth-order valence-electron chi connectivity index (χ4n) is 1.27. The molecule has 1 aromatic heterocycles. The van der Waals surface area contributed by atoms with Gasteiger partial charge < -0.3 is 10.4 Å².